The fourth-order valence-electron chi connectivity index (χ4n) is 1.30. The lowest BCUT2D eigenvalue weighted by atomic mass is 10.1. The Kier molecular flexibility index (Phi) is 4.44. The first-order valence-electron chi connectivity index (χ1n) is 4.90. The van der Waals surface area contributed by atoms with E-state index in [-0.39, 0.29) is 12.2 Å². The summed E-state index contributed by atoms with van der Waals surface area (Å²) in [7, 11) is 1.55. The smallest absolute Gasteiger partial charge is 0.389 e. The zero-order valence-corrected chi connectivity index (χ0v) is 9.07. The summed E-state index contributed by atoms with van der Waals surface area (Å²) in [5, 5.41) is 21.6. The highest BCUT2D eigenvalue weighted by Gasteiger charge is 2.31. The molecule has 4 nitrogen and oxygen atoms in total. The molecule has 2 unspecified atom stereocenters. The molecule has 2 atom stereocenters. The van der Waals surface area contributed by atoms with E-state index >= 15 is 0 Å². The van der Waals surface area contributed by atoms with E-state index in [1.165, 1.54) is 0 Å². The van der Waals surface area contributed by atoms with Gasteiger partial charge in [0.25, 0.3) is 0 Å². The zero-order valence-electron chi connectivity index (χ0n) is 9.07. The Morgan fingerprint density at radius 3 is 2.59 bits per heavy atom. The number of likely N-dealkylation sites (N-methyl/N-ethyl adjacent to an activating group) is 1. The fraction of sp³-hybridized carbons (Fsp3) is 0.500. The fourth-order valence-corrected chi connectivity index (χ4v) is 1.30. The molecule has 1 aromatic heterocycles. The summed E-state index contributed by atoms with van der Waals surface area (Å²) in [6, 6.07) is 1.53. The Hall–Kier alpha value is -1.18. The molecule has 0 fully saturated rings. The Morgan fingerprint density at radius 1 is 1.41 bits per heavy atom. The van der Waals surface area contributed by atoms with Crippen LogP contribution in [0.15, 0.2) is 18.3 Å². The van der Waals surface area contributed by atoms with E-state index in [4.69, 9.17) is 0 Å². The number of hydrogen-bond acceptors (Lipinski definition) is 4. The highest BCUT2D eigenvalue weighted by atomic mass is 19.4. The molecule has 0 bridgehead atoms. The molecule has 1 heterocycles. The van der Waals surface area contributed by atoms with Crippen molar-refractivity contribution >= 4 is 0 Å². The second-order valence-electron chi connectivity index (χ2n) is 3.54. The van der Waals surface area contributed by atoms with E-state index in [1.54, 1.807) is 7.05 Å². The van der Waals surface area contributed by atoms with Gasteiger partial charge in [0, 0.05) is 12.7 Å². The van der Waals surface area contributed by atoms with Gasteiger partial charge in [0.2, 0.25) is 0 Å². The Morgan fingerprint density at radius 2 is 2.06 bits per heavy atom. The van der Waals surface area contributed by atoms with E-state index in [1.807, 2.05) is 0 Å². The van der Waals surface area contributed by atoms with Crippen LogP contribution < -0.4 is 5.32 Å². The van der Waals surface area contributed by atoms with E-state index in [0.29, 0.717) is 0 Å². The quantitative estimate of drug-likeness (QED) is 0.736. The Balaban J connectivity index is 2.92. The second kappa shape index (κ2) is 5.44. The molecule has 0 amide bonds. The van der Waals surface area contributed by atoms with Crippen LogP contribution in [0.5, 0.6) is 0 Å². The van der Waals surface area contributed by atoms with Crippen molar-refractivity contribution in [2.45, 2.75) is 18.4 Å². The van der Waals surface area contributed by atoms with E-state index in [9.17, 15) is 23.4 Å². The van der Waals surface area contributed by atoms with Crippen LogP contribution in [0.2, 0.25) is 0 Å². The third kappa shape index (κ3) is 3.65. The topological polar surface area (TPSA) is 65.4 Å². The highest BCUT2D eigenvalue weighted by molar-refractivity contribution is 5.21. The number of aliphatic hydroxyl groups excluding tert-OH is 2. The molecule has 96 valence electrons. The standard InChI is InChI=1S/C10H13F3N2O2/c1-14-5-8(16)9(17)7-4-6(2-3-15-7)10(11,12)13/h2-4,8-9,14,16-17H,5H2,1H3. The van der Waals surface area contributed by atoms with E-state index < -0.39 is 23.9 Å². The number of nitrogens with one attached hydrogen (secondary N) is 1. The van der Waals surface area contributed by atoms with Crippen LogP contribution >= 0.6 is 0 Å². The first-order chi connectivity index (χ1) is 7.86. The van der Waals surface area contributed by atoms with Crippen LogP contribution in [-0.2, 0) is 6.18 Å². The van der Waals surface area contributed by atoms with E-state index in [2.05, 4.69) is 10.3 Å². The third-order valence-corrected chi connectivity index (χ3v) is 2.19. The Bertz CT molecular complexity index is 371. The average Bonchev–Trinajstić information content (AvgIpc) is 2.27. The van der Waals surface area contributed by atoms with Crippen LogP contribution in [0.25, 0.3) is 0 Å². The minimum absolute atomic E-state index is 0.0547. The number of halogens is 3. The van der Waals surface area contributed by atoms with Gasteiger partial charge in [0.1, 0.15) is 6.10 Å². The first-order valence-corrected chi connectivity index (χ1v) is 4.90. The number of hydrogen-bond donors (Lipinski definition) is 3. The lowest BCUT2D eigenvalue weighted by molar-refractivity contribution is -0.137. The third-order valence-electron chi connectivity index (χ3n) is 2.19. The molecule has 0 aliphatic heterocycles. The van der Waals surface area contributed by atoms with E-state index in [0.717, 1.165) is 18.3 Å². The van der Waals surface area contributed by atoms with Gasteiger partial charge in [-0.05, 0) is 19.2 Å². The molecule has 1 rings (SSSR count). The van der Waals surface area contributed by atoms with Crippen LogP contribution in [0, 0.1) is 0 Å². The van der Waals surface area contributed by atoms with Gasteiger partial charge in [-0.3, -0.25) is 4.98 Å². The van der Waals surface area contributed by atoms with Gasteiger partial charge in [-0.15, -0.1) is 0 Å². The monoisotopic (exact) mass is 250 g/mol. The van der Waals surface area contributed by atoms with Crippen molar-refractivity contribution < 1.29 is 23.4 Å². The lowest BCUT2D eigenvalue weighted by Gasteiger charge is -2.17. The minimum Gasteiger partial charge on any atom is -0.389 e. The highest BCUT2D eigenvalue weighted by Crippen LogP contribution is 2.30. The SMILES string of the molecule is CNCC(O)C(O)c1cc(C(F)(F)F)ccn1. The van der Waals surface area contributed by atoms with Crippen molar-refractivity contribution in [2.75, 3.05) is 13.6 Å². The normalized spacial score (nSPS) is 15.6. The lowest BCUT2D eigenvalue weighted by Crippen LogP contribution is -2.30. The van der Waals surface area contributed by atoms with Crippen molar-refractivity contribution in [3.8, 4) is 0 Å². The molecule has 0 spiro atoms. The number of pyridine rings is 1. The molecular weight excluding hydrogens is 237 g/mol. The maximum atomic E-state index is 12.4. The predicted octanol–water partition coefficient (Wildman–Crippen LogP) is 0.714. The van der Waals surface area contributed by atoms with Crippen LogP contribution in [0.1, 0.15) is 17.4 Å². The van der Waals surface area contributed by atoms with Crippen molar-refractivity contribution in [3.05, 3.63) is 29.6 Å². The van der Waals surface area contributed by atoms with Crippen molar-refractivity contribution in [1.82, 2.24) is 10.3 Å². The molecule has 0 aliphatic rings. The molecule has 7 heteroatoms. The average molecular weight is 250 g/mol. The number of aliphatic hydroxyl groups is 2. The molecule has 17 heavy (non-hydrogen) atoms. The minimum atomic E-state index is -4.49. The first kappa shape index (κ1) is 13.9. The van der Waals surface area contributed by atoms with Crippen LogP contribution in [0.4, 0.5) is 13.2 Å². The van der Waals surface area contributed by atoms with Crippen molar-refractivity contribution in [2.24, 2.45) is 0 Å². The molecule has 0 saturated heterocycles. The number of rotatable bonds is 4. The summed E-state index contributed by atoms with van der Waals surface area (Å²) in [6.45, 7) is 0.0547. The summed E-state index contributed by atoms with van der Waals surface area (Å²) in [5.41, 5.74) is -1.11. The summed E-state index contributed by atoms with van der Waals surface area (Å²) in [5.74, 6) is 0. The molecule has 3 N–H and O–H groups in total. The van der Waals surface area contributed by atoms with Gasteiger partial charge in [0.15, 0.2) is 0 Å². The van der Waals surface area contributed by atoms with Gasteiger partial charge in [-0.25, -0.2) is 0 Å². The molecule has 0 radical (unpaired) electrons. The van der Waals surface area contributed by atoms with Gasteiger partial charge in [-0.2, -0.15) is 13.2 Å². The molecule has 0 aliphatic carbocycles. The summed E-state index contributed by atoms with van der Waals surface area (Å²) in [4.78, 5) is 3.62. The molecule has 0 saturated carbocycles. The van der Waals surface area contributed by atoms with Crippen LogP contribution in [-0.4, -0.2) is 34.9 Å². The maximum absolute atomic E-state index is 12.4. The van der Waals surface area contributed by atoms with Gasteiger partial charge in [0.05, 0.1) is 17.4 Å². The predicted molar refractivity (Wildman–Crippen MR) is 54.1 cm³/mol. The molecular formula is C10H13F3N2O2. The van der Waals surface area contributed by atoms with Crippen LogP contribution in [0.3, 0.4) is 0 Å². The zero-order chi connectivity index (χ0) is 13.1. The summed E-state index contributed by atoms with van der Waals surface area (Å²) in [6.07, 6.45) is -6.21. The summed E-state index contributed by atoms with van der Waals surface area (Å²) >= 11 is 0. The van der Waals surface area contributed by atoms with Gasteiger partial charge in [-0.1, -0.05) is 0 Å². The van der Waals surface area contributed by atoms with Gasteiger partial charge < -0.3 is 15.5 Å². The second-order valence-corrected chi connectivity index (χ2v) is 3.54. The number of alkyl halides is 3. The van der Waals surface area contributed by atoms with Gasteiger partial charge >= 0.3 is 6.18 Å². The van der Waals surface area contributed by atoms with Crippen molar-refractivity contribution in [3.63, 3.8) is 0 Å². The number of aromatic nitrogens is 1. The van der Waals surface area contributed by atoms with Crippen molar-refractivity contribution in [1.29, 1.82) is 0 Å². The Labute approximate surface area is 96.1 Å². The largest absolute Gasteiger partial charge is 0.416 e. The molecule has 0 aromatic carbocycles. The molecule has 1 aromatic rings. The maximum Gasteiger partial charge on any atom is 0.416 e. The summed E-state index contributed by atoms with van der Waals surface area (Å²) < 4.78 is 37.2. The number of nitrogens with zero attached hydrogens (tertiary/aromatic N) is 1.